The molecule has 238 valence electrons. The zero-order valence-electron chi connectivity index (χ0n) is 28.3. The van der Waals surface area contributed by atoms with Crippen molar-refractivity contribution in [2.45, 2.75) is 0 Å². The van der Waals surface area contributed by atoms with Crippen LogP contribution < -0.4 is 0 Å². The van der Waals surface area contributed by atoms with Gasteiger partial charge in [-0.25, -0.2) is 0 Å². The molecule has 0 bridgehead atoms. The Labute approximate surface area is 300 Å². The van der Waals surface area contributed by atoms with E-state index in [0.29, 0.717) is 0 Å². The second-order valence-corrected chi connectivity index (χ2v) is 14.5. The fourth-order valence-corrected chi connectivity index (χ4v) is 9.16. The van der Waals surface area contributed by atoms with Gasteiger partial charge in [0.15, 0.2) is 0 Å². The van der Waals surface area contributed by atoms with Crippen molar-refractivity contribution in [3.05, 3.63) is 182 Å². The Kier molecular flexibility index (Phi) is 5.59. The lowest BCUT2D eigenvalue weighted by atomic mass is 9.86. The molecule has 0 fully saturated rings. The van der Waals surface area contributed by atoms with E-state index >= 15 is 0 Å². The van der Waals surface area contributed by atoms with Crippen molar-refractivity contribution in [1.82, 2.24) is 0 Å². The van der Waals surface area contributed by atoms with Gasteiger partial charge in [0.05, 0.1) is 0 Å². The summed E-state index contributed by atoms with van der Waals surface area (Å²) in [5.74, 6) is 0. The monoisotopic (exact) mass is 654 g/mol. The molecule has 0 nitrogen and oxygen atoms in total. The van der Waals surface area contributed by atoms with E-state index in [0.717, 1.165) is 0 Å². The molecule has 12 rings (SSSR count). The molecule has 0 amide bonds. The Balaban J connectivity index is 1.03. The lowest BCUT2D eigenvalue weighted by Gasteiger charge is -2.18. The lowest BCUT2D eigenvalue weighted by Crippen LogP contribution is -1.90. The van der Waals surface area contributed by atoms with Crippen LogP contribution in [-0.4, -0.2) is 0 Å². The van der Waals surface area contributed by atoms with Crippen LogP contribution in [0.25, 0.3) is 119 Å². The molecule has 0 radical (unpaired) electrons. The summed E-state index contributed by atoms with van der Waals surface area (Å²) in [5, 5.41) is 23.3. The first-order chi connectivity index (χ1) is 25.7. The van der Waals surface area contributed by atoms with E-state index in [1.807, 2.05) is 0 Å². The van der Waals surface area contributed by atoms with Crippen molar-refractivity contribution in [2.75, 3.05) is 0 Å². The molecule has 0 heteroatoms. The molecular formula is C52H30. The number of rotatable bonds is 2. The molecule has 12 aromatic rings. The maximum absolute atomic E-state index is 2.42. The van der Waals surface area contributed by atoms with Crippen molar-refractivity contribution in [3.8, 4) is 22.3 Å². The van der Waals surface area contributed by atoms with E-state index in [1.54, 1.807) is 0 Å². The highest BCUT2D eigenvalue weighted by Gasteiger charge is 2.17. The Morgan fingerprint density at radius 2 is 0.673 bits per heavy atom. The predicted octanol–water partition coefficient (Wildman–Crippen LogP) is 14.8. The molecular weight excluding hydrogens is 625 g/mol. The van der Waals surface area contributed by atoms with E-state index in [-0.39, 0.29) is 0 Å². The van der Waals surface area contributed by atoms with Crippen LogP contribution in [0.5, 0.6) is 0 Å². The summed E-state index contributed by atoms with van der Waals surface area (Å²) in [6, 6.07) is 68.3. The molecule has 0 saturated carbocycles. The third-order valence-corrected chi connectivity index (χ3v) is 11.7. The average Bonchev–Trinajstić information content (AvgIpc) is 3.20. The van der Waals surface area contributed by atoms with Crippen molar-refractivity contribution in [1.29, 1.82) is 0 Å². The molecule has 0 aliphatic rings. The summed E-state index contributed by atoms with van der Waals surface area (Å²) in [4.78, 5) is 0. The zero-order valence-corrected chi connectivity index (χ0v) is 28.3. The fourth-order valence-electron chi connectivity index (χ4n) is 9.16. The van der Waals surface area contributed by atoms with Crippen LogP contribution in [0.3, 0.4) is 0 Å². The molecule has 52 heavy (non-hydrogen) atoms. The first kappa shape index (κ1) is 28.0. The van der Waals surface area contributed by atoms with Gasteiger partial charge in [-0.2, -0.15) is 0 Å². The van der Waals surface area contributed by atoms with Crippen molar-refractivity contribution >= 4 is 97.0 Å². The molecule has 0 spiro atoms. The summed E-state index contributed by atoms with van der Waals surface area (Å²) in [5.41, 5.74) is 5.06. The Hall–Kier alpha value is -6.76. The van der Waals surface area contributed by atoms with E-state index in [1.165, 1.54) is 119 Å². The largest absolute Gasteiger partial charge is 0.0616 e. The van der Waals surface area contributed by atoms with Crippen LogP contribution in [0.1, 0.15) is 0 Å². The second-order valence-electron chi connectivity index (χ2n) is 14.5. The maximum Gasteiger partial charge on any atom is -0.00201 e. The van der Waals surface area contributed by atoms with Gasteiger partial charge in [-0.3, -0.25) is 0 Å². The van der Waals surface area contributed by atoms with Gasteiger partial charge in [-0.05, 0) is 162 Å². The summed E-state index contributed by atoms with van der Waals surface area (Å²) in [6.07, 6.45) is 0. The minimum Gasteiger partial charge on any atom is -0.0616 e. The van der Waals surface area contributed by atoms with Crippen LogP contribution in [-0.2, 0) is 0 Å². The van der Waals surface area contributed by atoms with Crippen LogP contribution in [0, 0.1) is 0 Å². The molecule has 0 aliphatic heterocycles. The van der Waals surface area contributed by atoms with E-state index in [4.69, 9.17) is 0 Å². The first-order valence-corrected chi connectivity index (χ1v) is 18.2. The summed E-state index contributed by atoms with van der Waals surface area (Å²) < 4.78 is 0. The Morgan fingerprint density at radius 3 is 1.35 bits per heavy atom. The number of fused-ring (bicyclic) bond motifs is 8. The third-order valence-electron chi connectivity index (χ3n) is 11.7. The average molecular weight is 655 g/mol. The molecule has 0 heterocycles. The summed E-state index contributed by atoms with van der Waals surface area (Å²) in [6.45, 7) is 0. The van der Waals surface area contributed by atoms with Crippen LogP contribution >= 0.6 is 0 Å². The van der Waals surface area contributed by atoms with E-state index in [2.05, 4.69) is 182 Å². The van der Waals surface area contributed by atoms with Crippen LogP contribution in [0.4, 0.5) is 0 Å². The molecule has 0 atom stereocenters. The van der Waals surface area contributed by atoms with Crippen molar-refractivity contribution in [2.24, 2.45) is 0 Å². The van der Waals surface area contributed by atoms with Gasteiger partial charge in [0.25, 0.3) is 0 Å². The van der Waals surface area contributed by atoms with Crippen LogP contribution in [0.15, 0.2) is 182 Å². The number of benzene rings is 12. The fraction of sp³-hybridized carbons (Fsp3) is 0. The SMILES string of the molecule is c1ccc2c(c1)ccc1cc3cc(-c4cc5ccc(-c6ccc7cc8c(ccc9ccccc98)cc7c6)c6ccc7cccc4c7c56)ccc3cc12. The topological polar surface area (TPSA) is 0 Å². The van der Waals surface area contributed by atoms with Gasteiger partial charge >= 0.3 is 0 Å². The quantitative estimate of drug-likeness (QED) is 0.129. The lowest BCUT2D eigenvalue weighted by molar-refractivity contribution is 1.69. The Bertz CT molecular complexity index is 3450. The predicted molar refractivity (Wildman–Crippen MR) is 226 cm³/mol. The standard InChI is InChI=1S/C52H30/c1-3-9-43-31(6-1)12-16-37-25-41-24-36(18-14-34(41)28-48(37)43)45-22-21-40-30-50(46-11-5-8-33-20-23-47(45)52(40)51(33)46)39-19-15-35-29-49-38(26-42(35)27-39)17-13-32-7-2-4-10-44(32)49/h1-30H. The summed E-state index contributed by atoms with van der Waals surface area (Å²) >= 11 is 0. The van der Waals surface area contributed by atoms with Gasteiger partial charge in [0, 0.05) is 0 Å². The summed E-state index contributed by atoms with van der Waals surface area (Å²) in [7, 11) is 0. The zero-order chi connectivity index (χ0) is 33.9. The van der Waals surface area contributed by atoms with E-state index in [9.17, 15) is 0 Å². The first-order valence-electron chi connectivity index (χ1n) is 18.2. The van der Waals surface area contributed by atoms with E-state index < -0.39 is 0 Å². The molecule has 12 aromatic carbocycles. The minimum atomic E-state index is 1.25. The highest BCUT2D eigenvalue weighted by Crippen LogP contribution is 2.44. The van der Waals surface area contributed by atoms with Gasteiger partial charge in [0.1, 0.15) is 0 Å². The molecule has 0 aliphatic carbocycles. The minimum absolute atomic E-state index is 1.25. The molecule has 0 aromatic heterocycles. The molecule has 0 N–H and O–H groups in total. The highest BCUT2D eigenvalue weighted by atomic mass is 14.2. The van der Waals surface area contributed by atoms with Crippen molar-refractivity contribution < 1.29 is 0 Å². The highest BCUT2D eigenvalue weighted by molar-refractivity contribution is 6.28. The van der Waals surface area contributed by atoms with Crippen molar-refractivity contribution in [3.63, 3.8) is 0 Å². The smallest absolute Gasteiger partial charge is 0.00201 e. The number of hydrogen-bond acceptors (Lipinski definition) is 0. The van der Waals surface area contributed by atoms with Gasteiger partial charge in [-0.15, -0.1) is 0 Å². The molecule has 0 unspecified atom stereocenters. The number of hydrogen-bond donors (Lipinski definition) is 0. The second kappa shape index (κ2) is 10.4. The molecule has 0 saturated heterocycles. The third kappa shape index (κ3) is 3.98. The van der Waals surface area contributed by atoms with Crippen LogP contribution in [0.2, 0.25) is 0 Å². The van der Waals surface area contributed by atoms with Gasteiger partial charge in [0.2, 0.25) is 0 Å². The van der Waals surface area contributed by atoms with Gasteiger partial charge in [-0.1, -0.05) is 140 Å². The normalized spacial score (nSPS) is 12.2. The Morgan fingerprint density at radius 1 is 0.192 bits per heavy atom. The maximum atomic E-state index is 2.42. The van der Waals surface area contributed by atoms with Gasteiger partial charge < -0.3 is 0 Å².